The third-order valence-electron chi connectivity index (χ3n) is 3.97. The fourth-order valence-electron chi connectivity index (χ4n) is 2.86. The molecule has 0 amide bonds. The highest BCUT2D eigenvalue weighted by Gasteiger charge is 2.22. The van der Waals surface area contributed by atoms with Gasteiger partial charge in [-0.1, -0.05) is 36.6 Å². The molecule has 2 rings (SSSR count). The van der Waals surface area contributed by atoms with Crippen molar-refractivity contribution in [1.29, 1.82) is 0 Å². The van der Waals surface area contributed by atoms with Gasteiger partial charge in [-0.15, -0.1) is 0 Å². The van der Waals surface area contributed by atoms with Crippen LogP contribution in [0.25, 0.3) is 0 Å². The Labute approximate surface area is 110 Å². The first kappa shape index (κ1) is 12.9. The van der Waals surface area contributed by atoms with E-state index in [0.29, 0.717) is 12.1 Å². The minimum absolute atomic E-state index is 0.379. The van der Waals surface area contributed by atoms with Crippen molar-refractivity contribution in [2.45, 2.75) is 51.6 Å². The zero-order valence-corrected chi connectivity index (χ0v) is 11.5. The molecule has 1 aliphatic carbocycles. The van der Waals surface area contributed by atoms with Crippen LogP contribution >= 0.6 is 11.6 Å². The van der Waals surface area contributed by atoms with E-state index in [4.69, 9.17) is 11.6 Å². The Morgan fingerprint density at radius 3 is 2.59 bits per heavy atom. The predicted octanol–water partition coefficient (Wildman–Crippen LogP) is 4.57. The standard InChI is InChI=1S/C15H22ClN/c1-11(13-6-3-4-7-13)17-12(2)14-8-5-9-15(16)10-14/h5,8-13,17H,3-4,6-7H2,1-2H3/t11-,12?/m0/s1. The average molecular weight is 252 g/mol. The molecule has 1 saturated carbocycles. The third-order valence-corrected chi connectivity index (χ3v) is 4.20. The summed E-state index contributed by atoms with van der Waals surface area (Å²) in [6.07, 6.45) is 5.58. The summed E-state index contributed by atoms with van der Waals surface area (Å²) in [7, 11) is 0. The van der Waals surface area contributed by atoms with Crippen molar-refractivity contribution >= 4 is 11.6 Å². The van der Waals surface area contributed by atoms with Crippen molar-refractivity contribution in [2.75, 3.05) is 0 Å². The van der Waals surface area contributed by atoms with E-state index in [1.807, 2.05) is 12.1 Å². The molecule has 0 spiro atoms. The van der Waals surface area contributed by atoms with Gasteiger partial charge >= 0.3 is 0 Å². The molecule has 1 aromatic rings. The van der Waals surface area contributed by atoms with Gasteiger partial charge in [0, 0.05) is 17.1 Å². The number of rotatable bonds is 4. The maximum Gasteiger partial charge on any atom is 0.0409 e. The Bertz CT molecular complexity index is 358. The summed E-state index contributed by atoms with van der Waals surface area (Å²) in [6, 6.07) is 9.13. The largest absolute Gasteiger partial charge is 0.307 e. The van der Waals surface area contributed by atoms with Gasteiger partial charge in [0.25, 0.3) is 0 Å². The van der Waals surface area contributed by atoms with Gasteiger partial charge in [-0.05, 0) is 50.3 Å². The van der Waals surface area contributed by atoms with Crippen LogP contribution in [0.4, 0.5) is 0 Å². The highest BCUT2D eigenvalue weighted by molar-refractivity contribution is 6.30. The molecule has 1 nitrogen and oxygen atoms in total. The second-order valence-corrected chi connectivity index (χ2v) is 5.71. The molecular formula is C15H22ClN. The lowest BCUT2D eigenvalue weighted by Gasteiger charge is -2.25. The summed E-state index contributed by atoms with van der Waals surface area (Å²) in [5.74, 6) is 0.858. The molecule has 0 aromatic heterocycles. The highest BCUT2D eigenvalue weighted by atomic mass is 35.5. The van der Waals surface area contributed by atoms with Gasteiger partial charge in [0.15, 0.2) is 0 Å². The van der Waals surface area contributed by atoms with E-state index in [9.17, 15) is 0 Å². The molecule has 94 valence electrons. The van der Waals surface area contributed by atoms with Crippen molar-refractivity contribution in [2.24, 2.45) is 5.92 Å². The van der Waals surface area contributed by atoms with Crippen LogP contribution in [-0.2, 0) is 0 Å². The SMILES string of the molecule is CC(N[C@@H](C)C1CCCC1)c1cccc(Cl)c1. The van der Waals surface area contributed by atoms with E-state index >= 15 is 0 Å². The zero-order chi connectivity index (χ0) is 12.3. The monoisotopic (exact) mass is 251 g/mol. The molecule has 2 heteroatoms. The van der Waals surface area contributed by atoms with Crippen LogP contribution in [0.2, 0.25) is 5.02 Å². The summed E-state index contributed by atoms with van der Waals surface area (Å²) >= 11 is 6.02. The number of benzene rings is 1. The minimum atomic E-state index is 0.379. The molecule has 1 unspecified atom stereocenters. The first-order valence-electron chi connectivity index (χ1n) is 6.68. The topological polar surface area (TPSA) is 12.0 Å². The first-order valence-corrected chi connectivity index (χ1v) is 7.06. The molecule has 1 fully saturated rings. The summed E-state index contributed by atoms with van der Waals surface area (Å²) in [4.78, 5) is 0. The fourth-order valence-corrected chi connectivity index (χ4v) is 3.06. The second-order valence-electron chi connectivity index (χ2n) is 5.28. The van der Waals surface area contributed by atoms with E-state index in [2.05, 4.69) is 31.3 Å². The molecule has 0 radical (unpaired) electrons. The molecule has 0 heterocycles. The normalized spacial score (nSPS) is 20.4. The molecule has 1 aliphatic rings. The van der Waals surface area contributed by atoms with Gasteiger partial charge < -0.3 is 5.32 Å². The molecule has 0 aliphatic heterocycles. The molecule has 1 aromatic carbocycles. The van der Waals surface area contributed by atoms with Crippen LogP contribution in [0, 0.1) is 5.92 Å². The van der Waals surface area contributed by atoms with Crippen molar-refractivity contribution in [3.63, 3.8) is 0 Å². The van der Waals surface area contributed by atoms with Gasteiger partial charge in [-0.2, -0.15) is 0 Å². The van der Waals surface area contributed by atoms with E-state index in [1.54, 1.807) is 0 Å². The Kier molecular flexibility index (Phi) is 4.47. The van der Waals surface area contributed by atoms with Gasteiger partial charge in [-0.25, -0.2) is 0 Å². The van der Waals surface area contributed by atoms with E-state index < -0.39 is 0 Å². The van der Waals surface area contributed by atoms with E-state index in [0.717, 1.165) is 10.9 Å². The molecule has 0 saturated heterocycles. The number of nitrogens with one attached hydrogen (secondary N) is 1. The molecule has 17 heavy (non-hydrogen) atoms. The van der Waals surface area contributed by atoms with Gasteiger partial charge in [-0.3, -0.25) is 0 Å². The van der Waals surface area contributed by atoms with Crippen molar-refractivity contribution in [3.8, 4) is 0 Å². The summed E-state index contributed by atoms with van der Waals surface area (Å²) in [6.45, 7) is 4.54. The quantitative estimate of drug-likeness (QED) is 0.827. The molecule has 0 bridgehead atoms. The minimum Gasteiger partial charge on any atom is -0.307 e. The highest BCUT2D eigenvalue weighted by Crippen LogP contribution is 2.29. The van der Waals surface area contributed by atoms with Gasteiger partial charge in [0.1, 0.15) is 0 Å². The van der Waals surface area contributed by atoms with Crippen LogP contribution in [-0.4, -0.2) is 6.04 Å². The third kappa shape index (κ3) is 3.46. The number of hydrogen-bond acceptors (Lipinski definition) is 1. The van der Waals surface area contributed by atoms with Crippen LogP contribution < -0.4 is 5.32 Å². The van der Waals surface area contributed by atoms with Gasteiger partial charge in [0.2, 0.25) is 0 Å². The summed E-state index contributed by atoms with van der Waals surface area (Å²) < 4.78 is 0. The van der Waals surface area contributed by atoms with Crippen LogP contribution in [0.1, 0.15) is 51.1 Å². The summed E-state index contributed by atoms with van der Waals surface area (Å²) in [5, 5.41) is 4.53. The maximum atomic E-state index is 6.02. The van der Waals surface area contributed by atoms with Crippen molar-refractivity contribution in [1.82, 2.24) is 5.32 Å². The van der Waals surface area contributed by atoms with Crippen LogP contribution in [0.5, 0.6) is 0 Å². The lowest BCUT2D eigenvalue weighted by Crippen LogP contribution is -2.34. The molecular weight excluding hydrogens is 230 g/mol. The smallest absolute Gasteiger partial charge is 0.0409 e. The van der Waals surface area contributed by atoms with Crippen molar-refractivity contribution in [3.05, 3.63) is 34.9 Å². The Hall–Kier alpha value is -0.530. The van der Waals surface area contributed by atoms with E-state index in [-0.39, 0.29) is 0 Å². The Morgan fingerprint density at radius 1 is 1.24 bits per heavy atom. The van der Waals surface area contributed by atoms with Crippen LogP contribution in [0.3, 0.4) is 0 Å². The lowest BCUT2D eigenvalue weighted by atomic mass is 9.98. The Morgan fingerprint density at radius 2 is 1.94 bits per heavy atom. The summed E-state index contributed by atoms with van der Waals surface area (Å²) in [5.41, 5.74) is 1.28. The fraction of sp³-hybridized carbons (Fsp3) is 0.600. The van der Waals surface area contributed by atoms with Crippen molar-refractivity contribution < 1.29 is 0 Å². The second kappa shape index (κ2) is 5.88. The zero-order valence-electron chi connectivity index (χ0n) is 10.7. The van der Waals surface area contributed by atoms with Crippen LogP contribution in [0.15, 0.2) is 24.3 Å². The molecule has 2 atom stereocenters. The number of hydrogen-bond donors (Lipinski definition) is 1. The molecule has 1 N–H and O–H groups in total. The predicted molar refractivity (Wildman–Crippen MR) is 74.4 cm³/mol. The van der Waals surface area contributed by atoms with Gasteiger partial charge in [0.05, 0.1) is 0 Å². The maximum absolute atomic E-state index is 6.02. The average Bonchev–Trinajstić information content (AvgIpc) is 2.82. The first-order chi connectivity index (χ1) is 8.16. The number of halogens is 1. The lowest BCUT2D eigenvalue weighted by molar-refractivity contribution is 0.352. The Balaban J connectivity index is 1.93. The van der Waals surface area contributed by atoms with E-state index in [1.165, 1.54) is 31.2 Å².